The molecule has 3 nitrogen and oxygen atoms in total. The molecule has 0 aliphatic carbocycles. The molecule has 0 spiro atoms. The highest BCUT2D eigenvalue weighted by atomic mass is 16.5. The lowest BCUT2D eigenvalue weighted by Crippen LogP contribution is -2.23. The molecule has 74 valence electrons. The SMILES string of the molecule is CC(Cc1c[nH]c2ccccc12)NO. The van der Waals surface area contributed by atoms with Gasteiger partial charge in [-0.3, -0.25) is 0 Å². The molecule has 1 atom stereocenters. The van der Waals surface area contributed by atoms with Gasteiger partial charge in [0.2, 0.25) is 0 Å². The lowest BCUT2D eigenvalue weighted by molar-refractivity contribution is 0.133. The second-order valence-electron chi connectivity index (χ2n) is 3.59. The first-order valence-electron chi connectivity index (χ1n) is 4.76. The van der Waals surface area contributed by atoms with Gasteiger partial charge in [0.15, 0.2) is 0 Å². The van der Waals surface area contributed by atoms with E-state index in [1.54, 1.807) is 0 Å². The monoisotopic (exact) mass is 190 g/mol. The molecule has 1 aromatic carbocycles. The van der Waals surface area contributed by atoms with Crippen LogP contribution in [0.1, 0.15) is 12.5 Å². The third-order valence-electron chi connectivity index (χ3n) is 2.42. The van der Waals surface area contributed by atoms with Crippen molar-refractivity contribution >= 4 is 10.9 Å². The maximum atomic E-state index is 8.75. The summed E-state index contributed by atoms with van der Waals surface area (Å²) in [5, 5.41) is 9.98. The molecular weight excluding hydrogens is 176 g/mol. The van der Waals surface area contributed by atoms with Gasteiger partial charge >= 0.3 is 0 Å². The summed E-state index contributed by atoms with van der Waals surface area (Å²) in [6.45, 7) is 1.95. The number of nitrogens with one attached hydrogen (secondary N) is 2. The molecule has 0 fully saturated rings. The average molecular weight is 190 g/mol. The number of para-hydroxylation sites is 1. The van der Waals surface area contributed by atoms with Crippen LogP contribution < -0.4 is 5.48 Å². The summed E-state index contributed by atoms with van der Waals surface area (Å²) in [4.78, 5) is 3.21. The fraction of sp³-hybridized carbons (Fsp3) is 0.273. The molecule has 3 N–H and O–H groups in total. The number of hydrogen-bond acceptors (Lipinski definition) is 2. The zero-order valence-electron chi connectivity index (χ0n) is 8.12. The van der Waals surface area contributed by atoms with Crippen LogP contribution in [0, 0.1) is 0 Å². The molecule has 2 rings (SSSR count). The maximum absolute atomic E-state index is 8.75. The van der Waals surface area contributed by atoms with Crippen molar-refractivity contribution < 1.29 is 5.21 Å². The lowest BCUT2D eigenvalue weighted by Gasteiger charge is -2.06. The summed E-state index contributed by atoms with van der Waals surface area (Å²) in [5.74, 6) is 0. The van der Waals surface area contributed by atoms with E-state index in [-0.39, 0.29) is 6.04 Å². The van der Waals surface area contributed by atoms with Crippen molar-refractivity contribution in [2.75, 3.05) is 0 Å². The molecule has 0 aliphatic rings. The number of rotatable bonds is 3. The topological polar surface area (TPSA) is 48.0 Å². The molecular formula is C11H14N2O. The van der Waals surface area contributed by atoms with Crippen molar-refractivity contribution in [3.05, 3.63) is 36.0 Å². The quantitative estimate of drug-likeness (QED) is 0.649. The van der Waals surface area contributed by atoms with E-state index >= 15 is 0 Å². The van der Waals surface area contributed by atoms with Crippen molar-refractivity contribution in [3.63, 3.8) is 0 Å². The third kappa shape index (κ3) is 1.64. The molecule has 3 heteroatoms. The van der Waals surface area contributed by atoms with Gasteiger partial charge in [0, 0.05) is 23.1 Å². The van der Waals surface area contributed by atoms with Crippen molar-refractivity contribution in [2.45, 2.75) is 19.4 Å². The van der Waals surface area contributed by atoms with Gasteiger partial charge in [-0.2, -0.15) is 0 Å². The fourth-order valence-corrected chi connectivity index (χ4v) is 1.68. The van der Waals surface area contributed by atoms with Gasteiger partial charge in [-0.15, -0.1) is 0 Å². The molecule has 1 aromatic heterocycles. The zero-order valence-corrected chi connectivity index (χ0v) is 8.12. The zero-order chi connectivity index (χ0) is 9.97. The molecule has 0 radical (unpaired) electrons. The second-order valence-corrected chi connectivity index (χ2v) is 3.59. The van der Waals surface area contributed by atoms with Crippen LogP contribution in [0.2, 0.25) is 0 Å². The highest BCUT2D eigenvalue weighted by molar-refractivity contribution is 5.83. The third-order valence-corrected chi connectivity index (χ3v) is 2.42. The number of H-pyrrole nitrogens is 1. The predicted molar refractivity (Wildman–Crippen MR) is 56.4 cm³/mol. The Bertz CT molecular complexity index is 422. The van der Waals surface area contributed by atoms with Gasteiger partial charge in [-0.25, -0.2) is 5.48 Å². The average Bonchev–Trinajstić information content (AvgIpc) is 2.62. The molecule has 1 unspecified atom stereocenters. The Morgan fingerprint density at radius 2 is 2.21 bits per heavy atom. The molecule has 0 aliphatic heterocycles. The second kappa shape index (κ2) is 3.82. The minimum Gasteiger partial charge on any atom is -0.361 e. The molecule has 0 bridgehead atoms. The van der Waals surface area contributed by atoms with Gasteiger partial charge in [-0.1, -0.05) is 18.2 Å². The van der Waals surface area contributed by atoms with E-state index in [1.165, 1.54) is 10.9 Å². The predicted octanol–water partition coefficient (Wildman–Crippen LogP) is 2.08. The molecule has 0 saturated heterocycles. The van der Waals surface area contributed by atoms with Crippen molar-refractivity contribution in [3.8, 4) is 0 Å². The van der Waals surface area contributed by atoms with Crippen LogP contribution in [0.5, 0.6) is 0 Å². The first kappa shape index (κ1) is 9.24. The fourth-order valence-electron chi connectivity index (χ4n) is 1.68. The highest BCUT2D eigenvalue weighted by Crippen LogP contribution is 2.18. The van der Waals surface area contributed by atoms with Crippen LogP contribution in [0.15, 0.2) is 30.5 Å². The van der Waals surface area contributed by atoms with E-state index in [1.807, 2.05) is 25.3 Å². The first-order valence-corrected chi connectivity index (χ1v) is 4.76. The summed E-state index contributed by atoms with van der Waals surface area (Å²) >= 11 is 0. The molecule has 0 saturated carbocycles. The Hall–Kier alpha value is -1.32. The standard InChI is InChI=1S/C11H14N2O/c1-8(13-14)6-9-7-12-11-5-3-2-4-10(9)11/h2-5,7-8,12-14H,6H2,1H3. The normalized spacial score (nSPS) is 13.3. The molecule has 2 aromatic rings. The van der Waals surface area contributed by atoms with Crippen molar-refractivity contribution in [2.24, 2.45) is 0 Å². The van der Waals surface area contributed by atoms with Gasteiger partial charge in [-0.05, 0) is 25.0 Å². The molecule has 1 heterocycles. The number of hydrogen-bond donors (Lipinski definition) is 3. The minimum absolute atomic E-state index is 0.0780. The molecule has 14 heavy (non-hydrogen) atoms. The van der Waals surface area contributed by atoms with Gasteiger partial charge < -0.3 is 10.2 Å². The lowest BCUT2D eigenvalue weighted by atomic mass is 10.1. The Balaban J connectivity index is 2.33. The maximum Gasteiger partial charge on any atom is 0.0456 e. The van der Waals surface area contributed by atoms with Gasteiger partial charge in [0.25, 0.3) is 0 Å². The first-order chi connectivity index (χ1) is 6.81. The number of hydroxylamine groups is 1. The number of aromatic amines is 1. The summed E-state index contributed by atoms with van der Waals surface area (Å²) in [7, 11) is 0. The minimum atomic E-state index is 0.0780. The highest BCUT2D eigenvalue weighted by Gasteiger charge is 2.06. The van der Waals surface area contributed by atoms with E-state index in [0.29, 0.717) is 0 Å². The van der Waals surface area contributed by atoms with Crippen LogP contribution in [-0.4, -0.2) is 16.2 Å². The smallest absolute Gasteiger partial charge is 0.0456 e. The summed E-state index contributed by atoms with van der Waals surface area (Å²) in [5.41, 5.74) is 4.63. The Morgan fingerprint density at radius 3 is 3.00 bits per heavy atom. The van der Waals surface area contributed by atoms with E-state index in [4.69, 9.17) is 5.21 Å². The summed E-state index contributed by atoms with van der Waals surface area (Å²) in [6.07, 6.45) is 2.82. The van der Waals surface area contributed by atoms with Gasteiger partial charge in [0.05, 0.1) is 0 Å². The Morgan fingerprint density at radius 1 is 1.43 bits per heavy atom. The van der Waals surface area contributed by atoms with Crippen LogP contribution in [0.4, 0.5) is 0 Å². The van der Waals surface area contributed by atoms with E-state index in [9.17, 15) is 0 Å². The number of benzene rings is 1. The van der Waals surface area contributed by atoms with Crippen molar-refractivity contribution in [1.82, 2.24) is 10.5 Å². The van der Waals surface area contributed by atoms with Crippen LogP contribution in [-0.2, 0) is 6.42 Å². The summed E-state index contributed by atoms with van der Waals surface area (Å²) in [6, 6.07) is 8.25. The van der Waals surface area contributed by atoms with Crippen LogP contribution >= 0.6 is 0 Å². The van der Waals surface area contributed by atoms with E-state index in [2.05, 4.69) is 22.6 Å². The Kier molecular flexibility index (Phi) is 2.52. The van der Waals surface area contributed by atoms with E-state index < -0.39 is 0 Å². The van der Waals surface area contributed by atoms with E-state index in [0.717, 1.165) is 11.9 Å². The Labute approximate surface area is 82.7 Å². The van der Waals surface area contributed by atoms with Crippen LogP contribution in [0.3, 0.4) is 0 Å². The summed E-state index contributed by atoms with van der Waals surface area (Å²) < 4.78 is 0. The van der Waals surface area contributed by atoms with Crippen LogP contribution in [0.25, 0.3) is 10.9 Å². The van der Waals surface area contributed by atoms with Gasteiger partial charge in [0.1, 0.15) is 0 Å². The largest absolute Gasteiger partial charge is 0.361 e. The van der Waals surface area contributed by atoms with Crippen molar-refractivity contribution in [1.29, 1.82) is 0 Å². The molecule has 0 amide bonds. The number of aromatic nitrogens is 1. The number of fused-ring (bicyclic) bond motifs is 1.